The molecule has 1 aliphatic rings. The highest BCUT2D eigenvalue weighted by molar-refractivity contribution is 5.82. The summed E-state index contributed by atoms with van der Waals surface area (Å²) in [4.78, 5) is 39.9. The maximum Gasteiger partial charge on any atom is 0.411 e. The van der Waals surface area contributed by atoms with E-state index in [1.54, 1.807) is 20.8 Å². The minimum Gasteiger partial charge on any atom is -0.461 e. The number of benzene rings is 1. The molecular weight excluding hydrogens is 434 g/mol. The second-order valence-corrected chi connectivity index (χ2v) is 10.4. The zero-order chi connectivity index (χ0) is 25.1. The van der Waals surface area contributed by atoms with Gasteiger partial charge in [0, 0.05) is 13.0 Å². The van der Waals surface area contributed by atoms with Crippen molar-refractivity contribution in [2.75, 3.05) is 6.54 Å². The van der Waals surface area contributed by atoms with Crippen LogP contribution in [0.2, 0.25) is 0 Å². The molecule has 7 nitrogen and oxygen atoms in total. The van der Waals surface area contributed by atoms with E-state index in [1.165, 1.54) is 4.90 Å². The Morgan fingerprint density at radius 1 is 1.06 bits per heavy atom. The fraction of sp³-hybridized carbons (Fsp3) is 0.667. The highest BCUT2D eigenvalue weighted by Gasteiger charge is 2.36. The normalized spacial score (nSPS) is 15.1. The highest BCUT2D eigenvalue weighted by Crippen LogP contribution is 2.24. The first kappa shape index (κ1) is 27.7. The van der Waals surface area contributed by atoms with Crippen molar-refractivity contribution in [2.24, 2.45) is 5.92 Å². The van der Waals surface area contributed by atoms with Gasteiger partial charge in [-0.3, -0.25) is 9.69 Å². The number of hydrogen-bond acceptors (Lipinski definition) is 6. The van der Waals surface area contributed by atoms with Crippen molar-refractivity contribution < 1.29 is 28.6 Å². The molecule has 34 heavy (non-hydrogen) atoms. The maximum absolute atomic E-state index is 13.1. The van der Waals surface area contributed by atoms with Crippen LogP contribution in [0, 0.1) is 5.92 Å². The van der Waals surface area contributed by atoms with E-state index < -0.39 is 23.7 Å². The molecule has 1 fully saturated rings. The van der Waals surface area contributed by atoms with E-state index in [1.807, 2.05) is 44.2 Å². The van der Waals surface area contributed by atoms with E-state index in [9.17, 15) is 14.4 Å². The third-order valence-electron chi connectivity index (χ3n) is 5.58. The molecule has 1 amide bonds. The fourth-order valence-corrected chi connectivity index (χ4v) is 3.95. The van der Waals surface area contributed by atoms with E-state index in [2.05, 4.69) is 0 Å². The Hall–Kier alpha value is -2.57. The van der Waals surface area contributed by atoms with Crippen molar-refractivity contribution in [2.45, 2.75) is 104 Å². The molecule has 1 aromatic carbocycles. The van der Waals surface area contributed by atoms with Gasteiger partial charge in [0.1, 0.15) is 24.4 Å². The summed E-state index contributed by atoms with van der Waals surface area (Å²) in [5, 5.41) is 0. The summed E-state index contributed by atoms with van der Waals surface area (Å²) < 4.78 is 16.7. The van der Waals surface area contributed by atoms with Crippen LogP contribution in [0.1, 0.15) is 85.1 Å². The van der Waals surface area contributed by atoms with Gasteiger partial charge < -0.3 is 14.2 Å². The zero-order valence-corrected chi connectivity index (χ0v) is 21.4. The van der Waals surface area contributed by atoms with Crippen LogP contribution in [0.15, 0.2) is 30.3 Å². The molecule has 1 aliphatic carbocycles. The third kappa shape index (κ3) is 10.1. The predicted octanol–water partition coefficient (Wildman–Crippen LogP) is 5.65. The SMILES string of the molecule is CC(C)C[C@@H](C(=O)OC1CCCC1)N(CCCC(=O)OCc1ccccc1)C(=O)OC(C)(C)C. The second kappa shape index (κ2) is 13.4. The molecule has 0 spiro atoms. The van der Waals surface area contributed by atoms with Crippen molar-refractivity contribution in [3.05, 3.63) is 35.9 Å². The number of rotatable bonds is 11. The van der Waals surface area contributed by atoms with Crippen molar-refractivity contribution >= 4 is 18.0 Å². The Bertz CT molecular complexity index is 780. The van der Waals surface area contributed by atoms with Gasteiger partial charge in [-0.25, -0.2) is 9.59 Å². The van der Waals surface area contributed by atoms with Crippen LogP contribution in [-0.2, 0) is 30.4 Å². The fourth-order valence-electron chi connectivity index (χ4n) is 3.95. The molecule has 7 heteroatoms. The molecule has 1 atom stereocenters. The number of ether oxygens (including phenoxy) is 3. The first-order valence-electron chi connectivity index (χ1n) is 12.4. The Morgan fingerprint density at radius 2 is 1.71 bits per heavy atom. The number of esters is 2. The van der Waals surface area contributed by atoms with E-state index >= 15 is 0 Å². The minimum atomic E-state index is -0.754. The summed E-state index contributed by atoms with van der Waals surface area (Å²) in [6.45, 7) is 9.79. The largest absolute Gasteiger partial charge is 0.461 e. The lowest BCUT2D eigenvalue weighted by atomic mass is 10.0. The molecule has 1 saturated carbocycles. The van der Waals surface area contributed by atoms with Crippen molar-refractivity contribution in [1.29, 1.82) is 0 Å². The van der Waals surface area contributed by atoms with E-state index in [0.717, 1.165) is 31.2 Å². The van der Waals surface area contributed by atoms with Gasteiger partial charge in [-0.05, 0) is 70.8 Å². The Kier molecular flexibility index (Phi) is 10.9. The molecule has 2 rings (SSSR count). The van der Waals surface area contributed by atoms with E-state index in [-0.39, 0.29) is 37.6 Å². The maximum atomic E-state index is 13.1. The van der Waals surface area contributed by atoms with Gasteiger partial charge in [-0.15, -0.1) is 0 Å². The topological polar surface area (TPSA) is 82.1 Å². The second-order valence-electron chi connectivity index (χ2n) is 10.4. The lowest BCUT2D eigenvalue weighted by Crippen LogP contribution is -2.49. The third-order valence-corrected chi connectivity index (χ3v) is 5.58. The van der Waals surface area contributed by atoms with Crippen LogP contribution in [0.5, 0.6) is 0 Å². The monoisotopic (exact) mass is 475 g/mol. The van der Waals surface area contributed by atoms with Gasteiger partial charge in [0.2, 0.25) is 0 Å². The average molecular weight is 476 g/mol. The molecule has 0 saturated heterocycles. The van der Waals surface area contributed by atoms with E-state index in [4.69, 9.17) is 14.2 Å². The number of hydrogen-bond donors (Lipinski definition) is 0. The van der Waals surface area contributed by atoms with Gasteiger partial charge in [-0.1, -0.05) is 44.2 Å². The van der Waals surface area contributed by atoms with Crippen LogP contribution < -0.4 is 0 Å². The zero-order valence-electron chi connectivity index (χ0n) is 21.4. The lowest BCUT2D eigenvalue weighted by Gasteiger charge is -2.33. The Morgan fingerprint density at radius 3 is 2.29 bits per heavy atom. The van der Waals surface area contributed by atoms with Gasteiger partial charge in [-0.2, -0.15) is 0 Å². The molecule has 0 unspecified atom stereocenters. The van der Waals surface area contributed by atoms with Crippen molar-refractivity contribution in [3.63, 3.8) is 0 Å². The molecule has 190 valence electrons. The molecule has 0 N–H and O–H groups in total. The lowest BCUT2D eigenvalue weighted by molar-refractivity contribution is -0.155. The Balaban J connectivity index is 2.03. The van der Waals surface area contributed by atoms with Crippen molar-refractivity contribution in [1.82, 2.24) is 4.90 Å². The van der Waals surface area contributed by atoms with Gasteiger partial charge in [0.15, 0.2) is 0 Å². The standard InChI is InChI=1S/C27H41NO6/c1-20(2)18-23(25(30)33-22-14-9-10-15-22)28(26(31)34-27(3,4)5)17-11-16-24(29)32-19-21-12-7-6-8-13-21/h6-8,12-13,20,22-23H,9-11,14-19H2,1-5H3/t23-/m0/s1. The van der Waals surface area contributed by atoms with Crippen LogP contribution in [0.4, 0.5) is 4.79 Å². The molecule has 0 heterocycles. The minimum absolute atomic E-state index is 0.0874. The van der Waals surface area contributed by atoms with Crippen LogP contribution in [0.25, 0.3) is 0 Å². The molecule has 0 aliphatic heterocycles. The quantitative estimate of drug-likeness (QED) is 0.304. The molecule has 0 aromatic heterocycles. The predicted molar refractivity (Wildman–Crippen MR) is 130 cm³/mol. The van der Waals surface area contributed by atoms with Crippen LogP contribution in [-0.4, -0.2) is 47.2 Å². The Labute approximate surface area is 204 Å². The molecule has 0 radical (unpaired) electrons. The van der Waals surface area contributed by atoms with E-state index in [0.29, 0.717) is 12.8 Å². The van der Waals surface area contributed by atoms with Crippen LogP contribution in [0.3, 0.4) is 0 Å². The molecule has 1 aromatic rings. The number of carbonyl (C=O) groups excluding carboxylic acids is 3. The number of amides is 1. The average Bonchev–Trinajstić information content (AvgIpc) is 3.26. The first-order chi connectivity index (χ1) is 16.0. The summed E-state index contributed by atoms with van der Waals surface area (Å²) in [6.07, 6.45) is 4.12. The smallest absolute Gasteiger partial charge is 0.411 e. The number of carbonyl (C=O) groups is 3. The molecule has 0 bridgehead atoms. The molecular formula is C27H41NO6. The highest BCUT2D eigenvalue weighted by atomic mass is 16.6. The van der Waals surface area contributed by atoms with Crippen molar-refractivity contribution in [3.8, 4) is 0 Å². The summed E-state index contributed by atoms with van der Waals surface area (Å²) >= 11 is 0. The van der Waals surface area contributed by atoms with Gasteiger partial charge >= 0.3 is 18.0 Å². The van der Waals surface area contributed by atoms with Gasteiger partial charge in [0.25, 0.3) is 0 Å². The summed E-state index contributed by atoms with van der Waals surface area (Å²) in [5.74, 6) is -0.568. The summed E-state index contributed by atoms with van der Waals surface area (Å²) in [5.41, 5.74) is 0.208. The summed E-state index contributed by atoms with van der Waals surface area (Å²) in [7, 11) is 0. The summed E-state index contributed by atoms with van der Waals surface area (Å²) in [6, 6.07) is 8.72. The first-order valence-corrected chi connectivity index (χ1v) is 12.4. The number of nitrogens with zero attached hydrogens (tertiary/aromatic N) is 1. The van der Waals surface area contributed by atoms with Crippen LogP contribution >= 0.6 is 0 Å². The van der Waals surface area contributed by atoms with Gasteiger partial charge in [0.05, 0.1) is 0 Å².